The Morgan fingerprint density at radius 2 is 1.90 bits per heavy atom. The minimum absolute atomic E-state index is 0. The van der Waals surface area contributed by atoms with Crippen LogP contribution in [0, 0.1) is 0 Å². The Bertz CT molecular complexity index is 602. The van der Waals surface area contributed by atoms with E-state index in [-0.39, 0.29) is 18.3 Å². The van der Waals surface area contributed by atoms with Gasteiger partial charge in [-0.2, -0.15) is 0 Å². The topological polar surface area (TPSA) is 39.3 Å². The summed E-state index contributed by atoms with van der Waals surface area (Å²) in [6, 6.07) is 8.44. The Kier molecular flexibility index (Phi) is 5.26. The summed E-state index contributed by atoms with van der Waals surface area (Å²) in [7, 11) is 0. The smallest absolute Gasteiger partial charge is 0.219 e. The molecule has 0 spiro atoms. The highest BCUT2D eigenvalue weighted by molar-refractivity contribution is 5.85. The Balaban J connectivity index is 0.00000161. The van der Waals surface area contributed by atoms with Crippen molar-refractivity contribution in [1.29, 1.82) is 0 Å². The van der Waals surface area contributed by atoms with Crippen LogP contribution in [-0.4, -0.2) is 53.4 Å². The molecule has 0 radical (unpaired) electrons. The lowest BCUT2D eigenvalue weighted by atomic mass is 10.1. The van der Waals surface area contributed by atoms with Gasteiger partial charge in [0, 0.05) is 56.7 Å². The number of halogens is 1. The lowest BCUT2D eigenvalue weighted by Gasteiger charge is -2.34. The van der Waals surface area contributed by atoms with Crippen molar-refractivity contribution in [2.75, 3.05) is 32.7 Å². The standard InChI is InChI=1S/C16H21N3O.ClH/c1-13(20)19-10-8-18(9-11-19)7-6-14-12-17-16-5-3-2-4-15(14)16;/h2-5,12,17H,6-11H2,1H3;1H. The van der Waals surface area contributed by atoms with Crippen molar-refractivity contribution >= 4 is 29.2 Å². The summed E-state index contributed by atoms with van der Waals surface area (Å²) in [4.78, 5) is 19.0. The Labute approximate surface area is 131 Å². The van der Waals surface area contributed by atoms with Crippen molar-refractivity contribution in [3.8, 4) is 0 Å². The molecule has 4 nitrogen and oxygen atoms in total. The second kappa shape index (κ2) is 6.96. The minimum Gasteiger partial charge on any atom is -0.361 e. The van der Waals surface area contributed by atoms with Gasteiger partial charge in [0.2, 0.25) is 5.91 Å². The fraction of sp³-hybridized carbons (Fsp3) is 0.438. The lowest BCUT2D eigenvalue weighted by molar-refractivity contribution is -0.130. The maximum atomic E-state index is 11.3. The monoisotopic (exact) mass is 307 g/mol. The molecule has 0 saturated carbocycles. The van der Waals surface area contributed by atoms with Gasteiger partial charge in [0.15, 0.2) is 0 Å². The molecule has 0 atom stereocenters. The second-order valence-electron chi connectivity index (χ2n) is 5.46. The number of nitrogens with zero attached hydrogens (tertiary/aromatic N) is 2. The summed E-state index contributed by atoms with van der Waals surface area (Å²) in [6.45, 7) is 6.42. The van der Waals surface area contributed by atoms with Crippen LogP contribution in [0.2, 0.25) is 0 Å². The molecule has 1 aromatic heterocycles. The number of aromatic nitrogens is 1. The number of amides is 1. The normalized spacial score (nSPS) is 16.0. The summed E-state index contributed by atoms with van der Waals surface area (Å²) < 4.78 is 0. The third-order valence-electron chi connectivity index (χ3n) is 4.19. The van der Waals surface area contributed by atoms with E-state index in [1.54, 1.807) is 6.92 Å². The first kappa shape index (κ1) is 15.9. The fourth-order valence-electron chi connectivity index (χ4n) is 2.90. The quantitative estimate of drug-likeness (QED) is 0.945. The molecule has 1 amide bonds. The van der Waals surface area contributed by atoms with Crippen molar-refractivity contribution in [2.24, 2.45) is 0 Å². The van der Waals surface area contributed by atoms with E-state index in [1.165, 1.54) is 16.5 Å². The Hall–Kier alpha value is -1.52. The molecule has 1 N–H and O–H groups in total. The Morgan fingerprint density at radius 3 is 2.62 bits per heavy atom. The van der Waals surface area contributed by atoms with Gasteiger partial charge >= 0.3 is 0 Å². The van der Waals surface area contributed by atoms with E-state index in [1.807, 2.05) is 4.90 Å². The highest BCUT2D eigenvalue weighted by Gasteiger charge is 2.18. The van der Waals surface area contributed by atoms with E-state index in [9.17, 15) is 4.79 Å². The largest absolute Gasteiger partial charge is 0.361 e. The number of piperazine rings is 1. The van der Waals surface area contributed by atoms with Crippen LogP contribution in [0.4, 0.5) is 0 Å². The van der Waals surface area contributed by atoms with Gasteiger partial charge in [0.25, 0.3) is 0 Å². The molecule has 5 heteroatoms. The number of nitrogens with one attached hydrogen (secondary N) is 1. The van der Waals surface area contributed by atoms with Crippen LogP contribution in [0.5, 0.6) is 0 Å². The minimum atomic E-state index is 0. The van der Waals surface area contributed by atoms with Crippen LogP contribution in [0.15, 0.2) is 30.5 Å². The van der Waals surface area contributed by atoms with Gasteiger partial charge in [-0.1, -0.05) is 18.2 Å². The number of carbonyl (C=O) groups is 1. The molecule has 1 aromatic carbocycles. The van der Waals surface area contributed by atoms with Crippen molar-refractivity contribution in [3.63, 3.8) is 0 Å². The maximum Gasteiger partial charge on any atom is 0.219 e. The van der Waals surface area contributed by atoms with E-state index in [0.717, 1.165) is 39.1 Å². The van der Waals surface area contributed by atoms with Gasteiger partial charge < -0.3 is 9.88 Å². The first-order valence-corrected chi connectivity index (χ1v) is 7.27. The molecule has 0 aliphatic carbocycles. The molecule has 21 heavy (non-hydrogen) atoms. The number of aromatic amines is 1. The first-order valence-electron chi connectivity index (χ1n) is 7.27. The number of para-hydroxylation sites is 1. The highest BCUT2D eigenvalue weighted by atomic mass is 35.5. The zero-order valence-electron chi connectivity index (χ0n) is 12.3. The van der Waals surface area contributed by atoms with Crippen LogP contribution in [0.1, 0.15) is 12.5 Å². The van der Waals surface area contributed by atoms with Crippen LogP contribution < -0.4 is 0 Å². The number of H-pyrrole nitrogens is 1. The Morgan fingerprint density at radius 1 is 1.19 bits per heavy atom. The van der Waals surface area contributed by atoms with Crippen LogP contribution in [0.3, 0.4) is 0 Å². The van der Waals surface area contributed by atoms with Gasteiger partial charge in [0.05, 0.1) is 0 Å². The van der Waals surface area contributed by atoms with Gasteiger partial charge in [-0.25, -0.2) is 0 Å². The fourth-order valence-corrected chi connectivity index (χ4v) is 2.90. The van der Waals surface area contributed by atoms with Gasteiger partial charge in [-0.05, 0) is 18.1 Å². The first-order chi connectivity index (χ1) is 9.74. The molecule has 0 unspecified atom stereocenters. The summed E-state index contributed by atoms with van der Waals surface area (Å²) in [5.74, 6) is 0.196. The number of benzene rings is 1. The number of fused-ring (bicyclic) bond motifs is 1. The molecule has 1 saturated heterocycles. The molecule has 1 aliphatic rings. The molecule has 3 rings (SSSR count). The molecule has 2 heterocycles. The summed E-state index contributed by atoms with van der Waals surface area (Å²) in [5, 5.41) is 1.33. The summed E-state index contributed by atoms with van der Waals surface area (Å²) in [6.07, 6.45) is 3.18. The lowest BCUT2D eigenvalue weighted by Crippen LogP contribution is -2.48. The van der Waals surface area contributed by atoms with Crippen molar-refractivity contribution in [2.45, 2.75) is 13.3 Å². The van der Waals surface area contributed by atoms with Crippen LogP contribution >= 0.6 is 12.4 Å². The van der Waals surface area contributed by atoms with Crippen molar-refractivity contribution in [3.05, 3.63) is 36.0 Å². The van der Waals surface area contributed by atoms with E-state index in [0.29, 0.717) is 0 Å². The predicted octanol–water partition coefficient (Wildman–Crippen LogP) is 2.30. The van der Waals surface area contributed by atoms with Gasteiger partial charge in [-0.3, -0.25) is 9.69 Å². The molecule has 2 aromatic rings. The van der Waals surface area contributed by atoms with Gasteiger partial charge in [0.1, 0.15) is 0 Å². The summed E-state index contributed by atoms with van der Waals surface area (Å²) in [5.41, 5.74) is 2.60. The van der Waals surface area contributed by atoms with E-state index < -0.39 is 0 Å². The zero-order valence-corrected chi connectivity index (χ0v) is 13.2. The average Bonchev–Trinajstić information content (AvgIpc) is 2.89. The third kappa shape index (κ3) is 3.57. The average molecular weight is 308 g/mol. The molecule has 1 aliphatic heterocycles. The maximum absolute atomic E-state index is 11.3. The molecule has 114 valence electrons. The van der Waals surface area contributed by atoms with Crippen molar-refractivity contribution < 1.29 is 4.79 Å². The second-order valence-corrected chi connectivity index (χ2v) is 5.46. The number of carbonyl (C=O) groups excluding carboxylic acids is 1. The highest BCUT2D eigenvalue weighted by Crippen LogP contribution is 2.18. The number of rotatable bonds is 3. The van der Waals surface area contributed by atoms with Crippen LogP contribution in [-0.2, 0) is 11.2 Å². The molecule has 0 bridgehead atoms. The number of hydrogen-bond donors (Lipinski definition) is 1. The SMILES string of the molecule is CC(=O)N1CCN(CCc2c[nH]c3ccccc23)CC1.Cl. The molecular formula is C16H22ClN3O. The zero-order chi connectivity index (χ0) is 13.9. The van der Waals surface area contributed by atoms with Crippen LogP contribution in [0.25, 0.3) is 10.9 Å². The number of hydrogen-bond acceptors (Lipinski definition) is 2. The van der Waals surface area contributed by atoms with E-state index in [2.05, 4.69) is 40.3 Å². The van der Waals surface area contributed by atoms with Gasteiger partial charge in [-0.15, -0.1) is 12.4 Å². The third-order valence-corrected chi connectivity index (χ3v) is 4.19. The van der Waals surface area contributed by atoms with E-state index in [4.69, 9.17) is 0 Å². The summed E-state index contributed by atoms with van der Waals surface area (Å²) >= 11 is 0. The molecular weight excluding hydrogens is 286 g/mol. The predicted molar refractivity (Wildman–Crippen MR) is 87.9 cm³/mol. The van der Waals surface area contributed by atoms with Crippen molar-refractivity contribution in [1.82, 2.24) is 14.8 Å². The molecule has 1 fully saturated rings. The van der Waals surface area contributed by atoms with E-state index >= 15 is 0 Å².